The first-order chi connectivity index (χ1) is 10.9. The minimum Gasteiger partial charge on any atom is -0.335 e. The minimum atomic E-state index is -0.254. The summed E-state index contributed by atoms with van der Waals surface area (Å²) in [4.78, 5) is 12.1. The van der Waals surface area contributed by atoms with Crippen LogP contribution in [0.15, 0.2) is 0 Å². The van der Waals surface area contributed by atoms with E-state index in [1.807, 2.05) is 32.5 Å². The maximum absolute atomic E-state index is 12.1. The van der Waals surface area contributed by atoms with Gasteiger partial charge in [-0.3, -0.25) is 10.00 Å². The largest absolute Gasteiger partial charge is 0.335 e. The lowest BCUT2D eigenvalue weighted by atomic mass is 10.1. The first kappa shape index (κ1) is 17.4. The third kappa shape index (κ3) is 4.51. The normalized spacial score (nSPS) is 12.2. The zero-order chi connectivity index (χ0) is 17.0. The van der Waals surface area contributed by atoms with Crippen molar-refractivity contribution in [2.75, 3.05) is 5.32 Å². The number of amides is 2. The van der Waals surface area contributed by atoms with Crippen LogP contribution in [0, 0.1) is 13.8 Å². The van der Waals surface area contributed by atoms with Crippen molar-refractivity contribution in [3.8, 4) is 0 Å². The van der Waals surface area contributed by atoms with Gasteiger partial charge in [-0.25, -0.2) is 4.79 Å². The Kier molecular flexibility index (Phi) is 5.70. The van der Waals surface area contributed by atoms with Crippen LogP contribution in [0.4, 0.5) is 9.93 Å². The topological polar surface area (TPSA) is 84.7 Å². The third-order valence-corrected chi connectivity index (χ3v) is 4.60. The average Bonchev–Trinajstić information content (AvgIpc) is 2.99. The predicted octanol–water partition coefficient (Wildman–Crippen LogP) is 2.59. The monoisotopic (exact) mass is 336 g/mol. The van der Waals surface area contributed by atoms with Gasteiger partial charge in [-0.15, -0.1) is 10.2 Å². The number of anilines is 1. The average molecular weight is 336 g/mol. The summed E-state index contributed by atoms with van der Waals surface area (Å²) in [7, 11) is 1.93. The van der Waals surface area contributed by atoms with Crippen LogP contribution in [0.2, 0.25) is 0 Å². The fourth-order valence-corrected chi connectivity index (χ4v) is 3.28. The number of hydrogen-bond donors (Lipinski definition) is 2. The van der Waals surface area contributed by atoms with Crippen LogP contribution in [0.25, 0.3) is 0 Å². The van der Waals surface area contributed by atoms with E-state index in [0.29, 0.717) is 5.13 Å². The summed E-state index contributed by atoms with van der Waals surface area (Å²) in [6, 6.07) is -0.254. The molecule has 7 nitrogen and oxygen atoms in total. The molecule has 0 bridgehead atoms. The van der Waals surface area contributed by atoms with Gasteiger partial charge >= 0.3 is 6.03 Å². The van der Waals surface area contributed by atoms with Crippen LogP contribution in [-0.2, 0) is 19.9 Å². The second kappa shape index (κ2) is 7.54. The van der Waals surface area contributed by atoms with Crippen LogP contribution < -0.4 is 10.6 Å². The Hall–Kier alpha value is -1.96. The molecule has 2 rings (SSSR count). The van der Waals surface area contributed by atoms with E-state index >= 15 is 0 Å². The fourth-order valence-electron chi connectivity index (χ4n) is 2.45. The molecule has 2 amide bonds. The Bertz CT molecular complexity index is 678. The number of aryl methyl sites for hydroxylation is 3. The van der Waals surface area contributed by atoms with Crippen molar-refractivity contribution < 1.29 is 4.79 Å². The molecule has 0 radical (unpaired) electrons. The van der Waals surface area contributed by atoms with Gasteiger partial charge in [0.25, 0.3) is 0 Å². The summed E-state index contributed by atoms with van der Waals surface area (Å²) >= 11 is 1.42. The standard InChI is InChI=1S/C15H24N6OS/c1-6-7-13-18-19-15(23-13)17-14(22)16-9(2)8-12-10(3)20-21(5)11(12)4/h9H,6-8H2,1-5H3,(H2,16,17,19,22)/t9-/m0/s1. The molecule has 0 saturated heterocycles. The molecule has 23 heavy (non-hydrogen) atoms. The summed E-state index contributed by atoms with van der Waals surface area (Å²) in [5, 5.41) is 19.6. The van der Waals surface area contributed by atoms with E-state index < -0.39 is 0 Å². The fraction of sp³-hybridized carbons (Fsp3) is 0.600. The molecule has 0 aliphatic heterocycles. The molecule has 2 N–H and O–H groups in total. The molecular formula is C15H24N6OS. The van der Waals surface area contributed by atoms with Gasteiger partial charge in [0.15, 0.2) is 0 Å². The maximum atomic E-state index is 12.1. The highest BCUT2D eigenvalue weighted by Crippen LogP contribution is 2.17. The SMILES string of the molecule is CCCc1nnc(NC(=O)N[C@@H](C)Cc2c(C)nn(C)c2C)s1. The summed E-state index contributed by atoms with van der Waals surface area (Å²) < 4.78 is 1.87. The lowest BCUT2D eigenvalue weighted by Crippen LogP contribution is -2.37. The zero-order valence-corrected chi connectivity index (χ0v) is 15.1. The third-order valence-electron chi connectivity index (χ3n) is 3.70. The van der Waals surface area contributed by atoms with Crippen molar-refractivity contribution in [3.05, 3.63) is 22.0 Å². The molecule has 1 atom stereocenters. The molecule has 8 heteroatoms. The number of carbonyl (C=O) groups excluding carboxylic acids is 1. The second-order valence-corrected chi connectivity index (χ2v) is 6.79. The Morgan fingerprint density at radius 1 is 1.35 bits per heavy atom. The molecular weight excluding hydrogens is 312 g/mol. The van der Waals surface area contributed by atoms with Crippen molar-refractivity contribution >= 4 is 22.5 Å². The predicted molar refractivity (Wildman–Crippen MR) is 91.9 cm³/mol. The minimum absolute atomic E-state index is 0.000339. The Balaban J connectivity index is 1.89. The van der Waals surface area contributed by atoms with Crippen molar-refractivity contribution in [2.24, 2.45) is 7.05 Å². The molecule has 2 aromatic heterocycles. The molecule has 0 aromatic carbocycles. The number of nitrogens with zero attached hydrogens (tertiary/aromatic N) is 4. The maximum Gasteiger partial charge on any atom is 0.321 e. The van der Waals surface area contributed by atoms with Crippen molar-refractivity contribution in [3.63, 3.8) is 0 Å². The molecule has 0 aliphatic rings. The van der Waals surface area contributed by atoms with Gasteiger partial charge in [-0.05, 0) is 39.2 Å². The van der Waals surface area contributed by atoms with E-state index in [1.165, 1.54) is 16.9 Å². The number of rotatable bonds is 6. The Morgan fingerprint density at radius 3 is 2.70 bits per heavy atom. The molecule has 0 saturated carbocycles. The Labute approximate surface area is 140 Å². The summed E-state index contributed by atoms with van der Waals surface area (Å²) in [6.45, 7) is 8.10. The van der Waals surface area contributed by atoms with Gasteiger partial charge < -0.3 is 5.32 Å². The van der Waals surface area contributed by atoms with E-state index in [4.69, 9.17) is 0 Å². The van der Waals surface area contributed by atoms with Crippen LogP contribution in [-0.4, -0.2) is 32.1 Å². The highest BCUT2D eigenvalue weighted by molar-refractivity contribution is 7.15. The number of hydrogen-bond acceptors (Lipinski definition) is 5. The number of aromatic nitrogens is 4. The van der Waals surface area contributed by atoms with Crippen LogP contribution in [0.3, 0.4) is 0 Å². The number of urea groups is 1. The summed E-state index contributed by atoms with van der Waals surface area (Å²) in [5.74, 6) is 0. The molecule has 0 spiro atoms. The van der Waals surface area contributed by atoms with Crippen LogP contribution in [0.5, 0.6) is 0 Å². The van der Waals surface area contributed by atoms with E-state index in [9.17, 15) is 4.79 Å². The van der Waals surface area contributed by atoms with E-state index in [2.05, 4.69) is 32.9 Å². The van der Waals surface area contributed by atoms with Gasteiger partial charge in [0, 0.05) is 25.2 Å². The summed E-state index contributed by atoms with van der Waals surface area (Å²) in [5.41, 5.74) is 3.32. The molecule has 0 unspecified atom stereocenters. The Morgan fingerprint density at radius 2 is 2.09 bits per heavy atom. The highest BCUT2D eigenvalue weighted by Gasteiger charge is 2.15. The van der Waals surface area contributed by atoms with E-state index in [1.54, 1.807) is 0 Å². The molecule has 0 fully saturated rings. The number of nitrogens with one attached hydrogen (secondary N) is 2. The lowest BCUT2D eigenvalue weighted by molar-refractivity contribution is 0.249. The van der Waals surface area contributed by atoms with Gasteiger partial charge in [-0.1, -0.05) is 18.3 Å². The molecule has 2 heterocycles. The van der Waals surface area contributed by atoms with E-state index in [0.717, 1.165) is 35.7 Å². The molecule has 0 aliphatic carbocycles. The van der Waals surface area contributed by atoms with Gasteiger partial charge in [0.1, 0.15) is 5.01 Å². The highest BCUT2D eigenvalue weighted by atomic mass is 32.1. The van der Waals surface area contributed by atoms with Crippen molar-refractivity contribution in [2.45, 2.75) is 53.0 Å². The number of carbonyl (C=O) groups is 1. The van der Waals surface area contributed by atoms with Crippen molar-refractivity contribution in [1.82, 2.24) is 25.3 Å². The first-order valence-corrected chi connectivity index (χ1v) is 8.61. The molecule has 2 aromatic rings. The van der Waals surface area contributed by atoms with Crippen LogP contribution in [0.1, 0.15) is 42.2 Å². The van der Waals surface area contributed by atoms with Gasteiger partial charge in [0.05, 0.1) is 5.69 Å². The zero-order valence-electron chi connectivity index (χ0n) is 14.3. The van der Waals surface area contributed by atoms with Crippen LogP contribution >= 0.6 is 11.3 Å². The van der Waals surface area contributed by atoms with Crippen molar-refractivity contribution in [1.29, 1.82) is 0 Å². The molecule has 126 valence electrons. The van der Waals surface area contributed by atoms with E-state index in [-0.39, 0.29) is 12.1 Å². The summed E-state index contributed by atoms with van der Waals surface area (Å²) in [6.07, 6.45) is 2.65. The quantitative estimate of drug-likeness (QED) is 0.849. The van der Waals surface area contributed by atoms with Gasteiger partial charge in [-0.2, -0.15) is 5.10 Å². The smallest absolute Gasteiger partial charge is 0.321 e. The lowest BCUT2D eigenvalue weighted by Gasteiger charge is -2.14. The van der Waals surface area contributed by atoms with Gasteiger partial charge in [0.2, 0.25) is 5.13 Å². The second-order valence-electron chi connectivity index (χ2n) is 5.73. The first-order valence-electron chi connectivity index (χ1n) is 7.79.